The van der Waals surface area contributed by atoms with Crippen LogP contribution in [0.3, 0.4) is 0 Å². The van der Waals surface area contributed by atoms with Crippen LogP contribution < -0.4 is 16.0 Å². The van der Waals surface area contributed by atoms with Crippen molar-refractivity contribution in [3.63, 3.8) is 0 Å². The Kier molecular flexibility index (Phi) is 2.41. The summed E-state index contributed by atoms with van der Waals surface area (Å²) in [6, 6.07) is 0. The van der Waals surface area contributed by atoms with Gasteiger partial charge in [0, 0.05) is 14.1 Å². The molecule has 0 bridgehead atoms. The Balaban J connectivity index is 3.13. The summed E-state index contributed by atoms with van der Waals surface area (Å²) in [6.07, 6.45) is 0.360. The van der Waals surface area contributed by atoms with E-state index in [1.165, 1.54) is 14.1 Å². The molecule has 0 spiro atoms. The first-order valence-electron chi connectivity index (χ1n) is 5.03. The summed E-state index contributed by atoms with van der Waals surface area (Å²) < 4.78 is 2.43. The molecule has 2 aromatic rings. The molecular weight excluding hydrogens is 226 g/mol. The molecule has 0 saturated carbocycles. The average Bonchev–Trinajstić information content (AvgIpc) is 2.33. The van der Waals surface area contributed by atoms with Crippen LogP contribution in [0.4, 0.5) is 0 Å². The highest BCUT2D eigenvalue weighted by Crippen LogP contribution is 1.97. The van der Waals surface area contributed by atoms with Crippen LogP contribution >= 0.6 is 0 Å². The molecule has 0 aliphatic heterocycles. The van der Waals surface area contributed by atoms with Gasteiger partial charge in [-0.15, -0.1) is 0 Å². The van der Waals surface area contributed by atoms with Gasteiger partial charge in [0.15, 0.2) is 0 Å². The van der Waals surface area contributed by atoms with Crippen LogP contribution in [0.25, 0.3) is 11.2 Å². The van der Waals surface area contributed by atoms with Crippen LogP contribution in [0.5, 0.6) is 0 Å². The molecule has 2 heterocycles. The lowest BCUT2D eigenvalue weighted by Gasteiger charge is -2.09. The van der Waals surface area contributed by atoms with Gasteiger partial charge in [-0.1, -0.05) is 6.92 Å². The Morgan fingerprint density at radius 2 is 1.88 bits per heavy atom. The molecule has 0 aliphatic carbocycles. The van der Waals surface area contributed by atoms with E-state index in [1.807, 2.05) is 0 Å². The number of hydrogen-bond donors (Lipinski definition) is 0. The molecule has 0 aliphatic rings. The Labute approximate surface area is 95.3 Å². The van der Waals surface area contributed by atoms with Gasteiger partial charge in [0.2, 0.25) is 11.2 Å². The summed E-state index contributed by atoms with van der Waals surface area (Å²) in [6.45, 7) is 1.73. The minimum atomic E-state index is -0.664. The number of fused-ring (bicyclic) bond motifs is 1. The van der Waals surface area contributed by atoms with Crippen LogP contribution in [0.2, 0.25) is 0 Å². The Morgan fingerprint density at radius 3 is 2.47 bits per heavy atom. The normalized spacial score (nSPS) is 11.0. The van der Waals surface area contributed by atoms with E-state index in [0.29, 0.717) is 11.2 Å². The maximum absolute atomic E-state index is 11.9. The zero-order valence-corrected chi connectivity index (χ0v) is 9.67. The molecule has 0 N–H and O–H groups in total. The van der Waals surface area contributed by atoms with Crippen LogP contribution in [-0.2, 0) is 20.5 Å². The van der Waals surface area contributed by atoms with Crippen molar-refractivity contribution in [2.24, 2.45) is 14.1 Å². The van der Waals surface area contributed by atoms with Crippen LogP contribution in [0.15, 0.2) is 9.59 Å². The van der Waals surface area contributed by atoms with Gasteiger partial charge in [-0.25, -0.2) is 9.52 Å². The molecule has 0 radical (unpaired) electrons. The van der Waals surface area contributed by atoms with Crippen LogP contribution in [0.1, 0.15) is 12.7 Å². The summed E-state index contributed by atoms with van der Waals surface area (Å²) in [5.74, 6) is 0.147. The third-order valence-corrected chi connectivity index (χ3v) is 2.62. The Hall–Kier alpha value is -2.25. The second kappa shape index (κ2) is 3.65. The van der Waals surface area contributed by atoms with Crippen molar-refractivity contribution in [2.75, 3.05) is 0 Å². The first-order valence-corrected chi connectivity index (χ1v) is 5.03. The van der Waals surface area contributed by atoms with Crippen molar-refractivity contribution >= 4 is 11.2 Å². The lowest BCUT2D eigenvalue weighted by molar-refractivity contribution is -0.591. The van der Waals surface area contributed by atoms with Crippen molar-refractivity contribution in [1.29, 1.82) is 0 Å². The molecule has 0 fully saturated rings. The molecule has 2 rings (SSSR count). The fraction of sp³-hybridized carbons (Fsp3) is 0.444. The highest BCUT2D eigenvalue weighted by molar-refractivity contribution is 5.64. The van der Waals surface area contributed by atoms with Gasteiger partial charge in [0.25, 0.3) is 0 Å². The number of aryl methyl sites for hydroxylation is 2. The summed E-state index contributed by atoms with van der Waals surface area (Å²) in [4.78, 5) is 23.5. The van der Waals surface area contributed by atoms with E-state index in [4.69, 9.17) is 0 Å². The molecule has 2 aromatic heterocycles. The molecule has 17 heavy (non-hydrogen) atoms. The molecule has 90 valence electrons. The zero-order valence-electron chi connectivity index (χ0n) is 9.67. The molecule has 0 saturated heterocycles. The Bertz CT molecular complexity index is 715. The van der Waals surface area contributed by atoms with Crippen molar-refractivity contribution in [1.82, 2.24) is 19.3 Å². The monoisotopic (exact) mass is 237 g/mol. The minimum Gasteiger partial charge on any atom is -0.710 e. The van der Waals surface area contributed by atoms with Gasteiger partial charge in [-0.3, -0.25) is 13.9 Å². The van der Waals surface area contributed by atoms with E-state index in [-0.39, 0.29) is 17.0 Å². The quantitative estimate of drug-likeness (QED) is 0.431. The standard InChI is InChI=1S/C9H11N5O3/c1-4-5-10-11-7-6(14(5)17)8(15)13(3)9(16)12(7)2/h4H2,1-3H3. The van der Waals surface area contributed by atoms with Crippen molar-refractivity contribution < 1.29 is 4.73 Å². The van der Waals surface area contributed by atoms with Gasteiger partial charge in [0.1, 0.15) is 0 Å². The SMILES string of the molecule is CCc1nnc2c(c(=O)n(C)c(=O)n2C)[n+]1[O-]. The highest BCUT2D eigenvalue weighted by Gasteiger charge is 2.19. The topological polar surface area (TPSA) is 96.7 Å². The van der Waals surface area contributed by atoms with Crippen molar-refractivity contribution in [3.8, 4) is 0 Å². The summed E-state index contributed by atoms with van der Waals surface area (Å²) in [5, 5.41) is 19.3. The molecule has 0 unspecified atom stereocenters. The predicted molar refractivity (Wildman–Crippen MR) is 58.4 cm³/mol. The van der Waals surface area contributed by atoms with E-state index in [1.54, 1.807) is 6.92 Å². The van der Waals surface area contributed by atoms with Gasteiger partial charge < -0.3 is 5.21 Å². The van der Waals surface area contributed by atoms with Gasteiger partial charge in [-0.2, -0.15) is 0 Å². The molecule has 0 aromatic carbocycles. The lowest BCUT2D eigenvalue weighted by Crippen LogP contribution is -2.46. The fourth-order valence-electron chi connectivity index (χ4n) is 1.60. The molecule has 0 amide bonds. The van der Waals surface area contributed by atoms with Crippen LogP contribution in [0, 0.1) is 5.21 Å². The van der Waals surface area contributed by atoms with E-state index >= 15 is 0 Å². The van der Waals surface area contributed by atoms with Gasteiger partial charge >= 0.3 is 17.1 Å². The summed E-state index contributed by atoms with van der Waals surface area (Å²) >= 11 is 0. The third-order valence-electron chi connectivity index (χ3n) is 2.62. The predicted octanol–water partition coefficient (Wildman–Crippen LogP) is -1.78. The second-order valence-corrected chi connectivity index (χ2v) is 3.64. The lowest BCUT2D eigenvalue weighted by atomic mass is 10.4. The van der Waals surface area contributed by atoms with Crippen molar-refractivity contribution in [3.05, 3.63) is 31.9 Å². The van der Waals surface area contributed by atoms with E-state index in [0.717, 1.165) is 9.13 Å². The van der Waals surface area contributed by atoms with Crippen molar-refractivity contribution in [2.45, 2.75) is 13.3 Å². The second-order valence-electron chi connectivity index (χ2n) is 3.64. The van der Waals surface area contributed by atoms with E-state index in [9.17, 15) is 14.8 Å². The molecule has 0 atom stereocenters. The number of aromatic nitrogens is 5. The van der Waals surface area contributed by atoms with E-state index in [2.05, 4.69) is 10.2 Å². The van der Waals surface area contributed by atoms with Gasteiger partial charge in [-0.05, 0) is 5.10 Å². The van der Waals surface area contributed by atoms with E-state index < -0.39 is 11.2 Å². The van der Waals surface area contributed by atoms with Gasteiger partial charge in [0.05, 0.1) is 11.5 Å². The average molecular weight is 237 g/mol. The number of hydrogen-bond acceptors (Lipinski definition) is 5. The molecule has 8 heteroatoms. The summed E-state index contributed by atoms with van der Waals surface area (Å²) in [5.41, 5.74) is -1.38. The largest absolute Gasteiger partial charge is 0.710 e. The Morgan fingerprint density at radius 1 is 1.24 bits per heavy atom. The maximum Gasteiger partial charge on any atom is 0.332 e. The third kappa shape index (κ3) is 1.41. The zero-order chi connectivity index (χ0) is 12.7. The summed E-state index contributed by atoms with van der Waals surface area (Å²) in [7, 11) is 2.75. The minimum absolute atomic E-state index is 0.00898. The molecule has 8 nitrogen and oxygen atoms in total. The maximum atomic E-state index is 11.9. The van der Waals surface area contributed by atoms with Crippen LogP contribution in [-0.4, -0.2) is 19.3 Å². The fourth-order valence-corrected chi connectivity index (χ4v) is 1.60. The number of rotatable bonds is 1. The first-order chi connectivity index (χ1) is 7.99. The molecular formula is C9H11N5O3. The highest BCUT2D eigenvalue weighted by atomic mass is 16.5. The smallest absolute Gasteiger partial charge is 0.332 e. The number of nitrogens with zero attached hydrogens (tertiary/aromatic N) is 5. The first kappa shape index (κ1) is 11.2.